The summed E-state index contributed by atoms with van der Waals surface area (Å²) in [6.45, 7) is 7.55. The lowest BCUT2D eigenvalue weighted by Crippen LogP contribution is -2.39. The normalized spacial score (nSPS) is 11.0. The predicted molar refractivity (Wildman–Crippen MR) is 100 cm³/mol. The largest absolute Gasteiger partial charge is 0.380 e. The maximum absolute atomic E-state index is 13.1. The van der Waals surface area contributed by atoms with Crippen LogP contribution in [0.4, 0.5) is 4.39 Å². The second-order valence-electron chi connectivity index (χ2n) is 4.72. The van der Waals surface area contributed by atoms with Gasteiger partial charge in [0, 0.05) is 19.7 Å². The van der Waals surface area contributed by atoms with E-state index in [0.29, 0.717) is 19.7 Å². The van der Waals surface area contributed by atoms with Gasteiger partial charge < -0.3 is 15.4 Å². The van der Waals surface area contributed by atoms with Crippen molar-refractivity contribution in [2.45, 2.75) is 33.2 Å². The summed E-state index contributed by atoms with van der Waals surface area (Å²) < 4.78 is 18.6. The first kappa shape index (κ1) is 21.1. The van der Waals surface area contributed by atoms with Crippen molar-refractivity contribution in [3.63, 3.8) is 0 Å². The van der Waals surface area contributed by atoms with Crippen LogP contribution in [0.2, 0.25) is 0 Å². The molecule has 22 heavy (non-hydrogen) atoms. The fraction of sp³-hybridized carbons (Fsp3) is 0.562. The molecule has 0 bridgehead atoms. The van der Waals surface area contributed by atoms with Gasteiger partial charge in [-0.15, -0.1) is 24.0 Å². The number of hydrogen-bond acceptors (Lipinski definition) is 2. The smallest absolute Gasteiger partial charge is 0.191 e. The molecule has 0 atom stereocenters. The Labute approximate surface area is 149 Å². The van der Waals surface area contributed by atoms with Gasteiger partial charge in [-0.2, -0.15) is 0 Å². The van der Waals surface area contributed by atoms with Gasteiger partial charge in [0.1, 0.15) is 5.82 Å². The van der Waals surface area contributed by atoms with Crippen molar-refractivity contribution >= 4 is 29.9 Å². The minimum Gasteiger partial charge on any atom is -0.380 e. The summed E-state index contributed by atoms with van der Waals surface area (Å²) >= 11 is 0. The van der Waals surface area contributed by atoms with Crippen molar-refractivity contribution in [3.8, 4) is 0 Å². The topological polar surface area (TPSA) is 45.6 Å². The summed E-state index contributed by atoms with van der Waals surface area (Å²) in [5.74, 6) is 0.492. The molecule has 0 radical (unpaired) electrons. The Morgan fingerprint density at radius 1 is 1.23 bits per heavy atom. The average Bonchev–Trinajstić information content (AvgIpc) is 2.48. The van der Waals surface area contributed by atoms with Gasteiger partial charge in [-0.1, -0.05) is 25.5 Å². The molecule has 0 amide bonds. The summed E-state index contributed by atoms with van der Waals surface area (Å²) in [5, 5.41) is 6.36. The lowest BCUT2D eigenvalue weighted by atomic mass is 10.2. The number of nitrogens with one attached hydrogen (secondary N) is 2. The second-order valence-corrected chi connectivity index (χ2v) is 4.72. The maximum Gasteiger partial charge on any atom is 0.191 e. The molecule has 0 spiro atoms. The molecule has 6 heteroatoms. The van der Waals surface area contributed by atoms with E-state index in [2.05, 4.69) is 22.5 Å². The molecule has 0 aliphatic heterocycles. The van der Waals surface area contributed by atoms with E-state index in [1.54, 1.807) is 6.07 Å². The van der Waals surface area contributed by atoms with Crippen LogP contribution in [0.15, 0.2) is 29.3 Å². The van der Waals surface area contributed by atoms with Crippen LogP contribution >= 0.6 is 24.0 Å². The highest BCUT2D eigenvalue weighted by Crippen LogP contribution is 2.04. The fourth-order valence-electron chi connectivity index (χ4n) is 1.74. The monoisotopic (exact) mass is 423 g/mol. The van der Waals surface area contributed by atoms with Crippen LogP contribution in [0.25, 0.3) is 0 Å². The van der Waals surface area contributed by atoms with Crippen LogP contribution < -0.4 is 10.6 Å². The Balaban J connectivity index is 0.00000441. The SMILES string of the molecule is CCCCOCCNC(=NCc1cccc(F)c1)NCC.I. The van der Waals surface area contributed by atoms with Crippen molar-refractivity contribution < 1.29 is 9.13 Å². The third kappa shape index (κ3) is 9.94. The van der Waals surface area contributed by atoms with Crippen molar-refractivity contribution in [1.82, 2.24) is 10.6 Å². The van der Waals surface area contributed by atoms with Crippen molar-refractivity contribution in [2.24, 2.45) is 4.99 Å². The zero-order valence-electron chi connectivity index (χ0n) is 13.4. The zero-order valence-corrected chi connectivity index (χ0v) is 15.7. The molecule has 0 saturated carbocycles. The van der Waals surface area contributed by atoms with Crippen LogP contribution in [0.5, 0.6) is 0 Å². The minimum absolute atomic E-state index is 0. The summed E-state index contributed by atoms with van der Waals surface area (Å²) in [6, 6.07) is 6.50. The highest BCUT2D eigenvalue weighted by molar-refractivity contribution is 14.0. The highest BCUT2D eigenvalue weighted by atomic mass is 127. The van der Waals surface area contributed by atoms with Gasteiger partial charge in [0.05, 0.1) is 13.2 Å². The Morgan fingerprint density at radius 3 is 2.73 bits per heavy atom. The quantitative estimate of drug-likeness (QED) is 0.277. The molecule has 2 N–H and O–H groups in total. The van der Waals surface area contributed by atoms with Crippen molar-refractivity contribution in [2.75, 3.05) is 26.3 Å². The van der Waals surface area contributed by atoms with Gasteiger partial charge in [-0.3, -0.25) is 0 Å². The number of aliphatic imine (C=N–C) groups is 1. The van der Waals surface area contributed by atoms with Gasteiger partial charge >= 0.3 is 0 Å². The zero-order chi connectivity index (χ0) is 15.3. The third-order valence-corrected chi connectivity index (χ3v) is 2.83. The van der Waals surface area contributed by atoms with E-state index in [4.69, 9.17) is 4.74 Å². The molecular formula is C16H27FIN3O. The van der Waals surface area contributed by atoms with Gasteiger partial charge in [0.25, 0.3) is 0 Å². The van der Waals surface area contributed by atoms with Gasteiger partial charge in [-0.25, -0.2) is 9.38 Å². The molecule has 1 aromatic rings. The number of rotatable bonds is 9. The van der Waals surface area contributed by atoms with Crippen LogP contribution in [-0.2, 0) is 11.3 Å². The van der Waals surface area contributed by atoms with Crippen molar-refractivity contribution in [1.29, 1.82) is 0 Å². The van der Waals surface area contributed by atoms with Crippen LogP contribution in [0.1, 0.15) is 32.3 Å². The van der Waals surface area contributed by atoms with E-state index in [0.717, 1.165) is 37.5 Å². The molecule has 1 aromatic carbocycles. The summed E-state index contributed by atoms with van der Waals surface area (Å²) in [6.07, 6.45) is 2.24. The predicted octanol–water partition coefficient (Wildman–Crippen LogP) is 3.32. The summed E-state index contributed by atoms with van der Waals surface area (Å²) in [5.41, 5.74) is 0.853. The molecule has 126 valence electrons. The number of hydrogen-bond donors (Lipinski definition) is 2. The number of guanidine groups is 1. The van der Waals surface area contributed by atoms with Crippen LogP contribution in [-0.4, -0.2) is 32.3 Å². The average molecular weight is 423 g/mol. The fourth-order valence-corrected chi connectivity index (χ4v) is 1.74. The van der Waals surface area contributed by atoms with E-state index in [1.807, 2.05) is 13.0 Å². The van der Waals surface area contributed by atoms with E-state index in [1.165, 1.54) is 12.1 Å². The third-order valence-electron chi connectivity index (χ3n) is 2.83. The van der Waals surface area contributed by atoms with E-state index in [9.17, 15) is 4.39 Å². The molecule has 0 aliphatic rings. The molecule has 0 unspecified atom stereocenters. The summed E-state index contributed by atoms with van der Waals surface area (Å²) in [4.78, 5) is 4.43. The lowest BCUT2D eigenvalue weighted by Gasteiger charge is -2.11. The summed E-state index contributed by atoms with van der Waals surface area (Å²) in [7, 11) is 0. The Bertz CT molecular complexity index is 430. The highest BCUT2D eigenvalue weighted by Gasteiger charge is 1.98. The Hall–Kier alpha value is -0.890. The van der Waals surface area contributed by atoms with E-state index in [-0.39, 0.29) is 29.8 Å². The number of halogens is 2. The molecule has 0 saturated heterocycles. The van der Waals surface area contributed by atoms with Crippen LogP contribution in [0, 0.1) is 5.82 Å². The maximum atomic E-state index is 13.1. The van der Waals surface area contributed by atoms with Crippen molar-refractivity contribution in [3.05, 3.63) is 35.6 Å². The lowest BCUT2D eigenvalue weighted by molar-refractivity contribution is 0.136. The van der Waals surface area contributed by atoms with Gasteiger partial charge in [-0.05, 0) is 31.0 Å². The Morgan fingerprint density at radius 2 is 2.05 bits per heavy atom. The van der Waals surface area contributed by atoms with E-state index >= 15 is 0 Å². The molecule has 0 aliphatic carbocycles. The standard InChI is InChI=1S/C16H26FN3O.HI/c1-3-5-10-21-11-9-19-16(18-4-2)20-13-14-7-6-8-15(17)12-14;/h6-8,12H,3-5,9-11,13H2,1-2H3,(H2,18,19,20);1H. The Kier molecular flexibility index (Phi) is 13.2. The van der Waals surface area contributed by atoms with Gasteiger partial charge in [0.15, 0.2) is 5.96 Å². The van der Waals surface area contributed by atoms with Crippen LogP contribution in [0.3, 0.4) is 0 Å². The first-order valence-electron chi connectivity index (χ1n) is 7.60. The molecule has 1 rings (SSSR count). The molecule has 0 aromatic heterocycles. The second kappa shape index (κ2) is 13.8. The van der Waals surface area contributed by atoms with Gasteiger partial charge in [0.2, 0.25) is 0 Å². The first-order chi connectivity index (χ1) is 10.3. The molecule has 4 nitrogen and oxygen atoms in total. The molecular weight excluding hydrogens is 396 g/mol. The number of nitrogens with zero attached hydrogens (tertiary/aromatic N) is 1. The first-order valence-corrected chi connectivity index (χ1v) is 7.60. The number of benzene rings is 1. The number of unbranched alkanes of at least 4 members (excludes halogenated alkanes) is 1. The number of ether oxygens (including phenoxy) is 1. The molecule has 0 heterocycles. The molecule has 0 fully saturated rings. The minimum atomic E-state index is -0.231. The van der Waals surface area contributed by atoms with E-state index < -0.39 is 0 Å².